The molecule has 0 amide bonds. The van der Waals surface area contributed by atoms with Crippen molar-refractivity contribution in [2.75, 3.05) is 6.54 Å². The molecular formula is C35H40F3N3O. The third-order valence-corrected chi connectivity index (χ3v) is 8.06. The van der Waals surface area contributed by atoms with Crippen molar-refractivity contribution in [1.29, 1.82) is 0 Å². The third kappa shape index (κ3) is 8.03. The fourth-order valence-corrected chi connectivity index (χ4v) is 6.02. The van der Waals surface area contributed by atoms with Gasteiger partial charge in [-0.15, -0.1) is 13.2 Å². The summed E-state index contributed by atoms with van der Waals surface area (Å²) in [6.45, 7) is 5.35. The highest BCUT2D eigenvalue weighted by Gasteiger charge is 2.31. The molecule has 1 aliphatic rings. The molecule has 1 saturated carbocycles. The van der Waals surface area contributed by atoms with Gasteiger partial charge in [-0.25, -0.2) is 4.98 Å². The summed E-state index contributed by atoms with van der Waals surface area (Å²) >= 11 is 0. The largest absolute Gasteiger partial charge is 0.573 e. The smallest absolute Gasteiger partial charge is 0.406 e. The first-order valence-corrected chi connectivity index (χ1v) is 15.2. The molecule has 1 aromatic heterocycles. The Balaban J connectivity index is 1.52. The van der Waals surface area contributed by atoms with E-state index in [2.05, 4.69) is 69.7 Å². The number of hydrogen-bond acceptors (Lipinski definition) is 3. The van der Waals surface area contributed by atoms with Gasteiger partial charge >= 0.3 is 6.36 Å². The lowest BCUT2D eigenvalue weighted by molar-refractivity contribution is -0.274. The Morgan fingerprint density at radius 1 is 0.833 bits per heavy atom. The van der Waals surface area contributed by atoms with Gasteiger partial charge in [-0.1, -0.05) is 105 Å². The second kappa shape index (κ2) is 14.1. The van der Waals surface area contributed by atoms with E-state index < -0.39 is 6.36 Å². The number of halogens is 3. The average molecular weight is 576 g/mol. The summed E-state index contributed by atoms with van der Waals surface area (Å²) < 4.78 is 44.7. The van der Waals surface area contributed by atoms with E-state index >= 15 is 0 Å². The highest BCUT2D eigenvalue weighted by atomic mass is 19.4. The molecule has 5 rings (SSSR count). The van der Waals surface area contributed by atoms with Crippen LogP contribution in [0.25, 0.3) is 22.6 Å². The van der Waals surface area contributed by atoms with E-state index in [9.17, 15) is 13.2 Å². The Morgan fingerprint density at radius 3 is 2.10 bits per heavy atom. The van der Waals surface area contributed by atoms with Gasteiger partial charge in [0.2, 0.25) is 0 Å². The first kappa shape index (κ1) is 29.9. The Labute approximate surface area is 247 Å². The van der Waals surface area contributed by atoms with Gasteiger partial charge in [0.05, 0.1) is 11.4 Å². The van der Waals surface area contributed by atoms with Crippen LogP contribution in [0.2, 0.25) is 0 Å². The molecule has 4 nitrogen and oxygen atoms in total. The molecule has 0 saturated heterocycles. The Hall–Kier alpha value is -3.58. The lowest BCUT2D eigenvalue weighted by atomic mass is 9.89. The van der Waals surface area contributed by atoms with Crippen LogP contribution < -0.4 is 4.74 Å². The van der Waals surface area contributed by atoms with Crippen LogP contribution in [0.4, 0.5) is 13.2 Å². The summed E-state index contributed by atoms with van der Waals surface area (Å²) in [6, 6.07) is 27.1. The number of hydrogen-bond donors (Lipinski definition) is 0. The number of imidazole rings is 1. The zero-order valence-electron chi connectivity index (χ0n) is 24.3. The van der Waals surface area contributed by atoms with E-state index in [4.69, 9.17) is 4.98 Å². The normalized spacial score (nSPS) is 14.4. The van der Waals surface area contributed by atoms with Gasteiger partial charge in [0.1, 0.15) is 11.6 Å². The summed E-state index contributed by atoms with van der Waals surface area (Å²) in [5, 5.41) is 0. The molecular weight excluding hydrogens is 535 g/mol. The van der Waals surface area contributed by atoms with Crippen molar-refractivity contribution in [3.8, 4) is 28.4 Å². The number of alkyl halides is 3. The van der Waals surface area contributed by atoms with Gasteiger partial charge in [-0.05, 0) is 42.9 Å². The van der Waals surface area contributed by atoms with E-state index in [-0.39, 0.29) is 5.75 Å². The van der Waals surface area contributed by atoms with Crippen LogP contribution >= 0.6 is 0 Å². The van der Waals surface area contributed by atoms with Crippen molar-refractivity contribution in [2.45, 2.75) is 77.9 Å². The fourth-order valence-electron chi connectivity index (χ4n) is 6.02. The average Bonchev–Trinajstić information content (AvgIpc) is 3.35. The lowest BCUT2D eigenvalue weighted by Crippen LogP contribution is -2.31. The maximum absolute atomic E-state index is 12.7. The minimum Gasteiger partial charge on any atom is -0.406 e. The zero-order valence-corrected chi connectivity index (χ0v) is 24.3. The van der Waals surface area contributed by atoms with Crippen LogP contribution in [0.15, 0.2) is 84.9 Å². The Morgan fingerprint density at radius 2 is 1.48 bits per heavy atom. The van der Waals surface area contributed by atoms with Crippen molar-refractivity contribution in [3.05, 3.63) is 96.2 Å². The van der Waals surface area contributed by atoms with Crippen molar-refractivity contribution >= 4 is 0 Å². The van der Waals surface area contributed by atoms with Gasteiger partial charge in [0.25, 0.3) is 0 Å². The summed E-state index contributed by atoms with van der Waals surface area (Å²) in [7, 11) is 0. The minimum atomic E-state index is -4.70. The molecule has 42 heavy (non-hydrogen) atoms. The van der Waals surface area contributed by atoms with Gasteiger partial charge in [-0.3, -0.25) is 4.90 Å². The van der Waals surface area contributed by atoms with Gasteiger partial charge in [0.15, 0.2) is 0 Å². The van der Waals surface area contributed by atoms with Gasteiger partial charge in [-0.2, -0.15) is 0 Å². The number of unbranched alkanes of at least 4 members (excludes halogenated alkanes) is 1. The van der Waals surface area contributed by atoms with E-state index in [0.717, 1.165) is 54.1 Å². The van der Waals surface area contributed by atoms with E-state index in [1.54, 1.807) is 12.1 Å². The molecule has 4 aromatic rings. The molecule has 0 atom stereocenters. The third-order valence-electron chi connectivity index (χ3n) is 8.06. The SMILES string of the molecule is CCCCn1c(-c2ccccc2)nc(-c2ccccc2)c1CN(Cc1ccc(OC(F)(F)F)cc1)CC1CCCCC1. The maximum Gasteiger partial charge on any atom is 0.573 e. The topological polar surface area (TPSA) is 30.3 Å². The predicted octanol–water partition coefficient (Wildman–Crippen LogP) is 9.50. The first-order chi connectivity index (χ1) is 20.4. The minimum absolute atomic E-state index is 0.193. The fraction of sp³-hybridized carbons (Fsp3) is 0.400. The molecule has 0 bridgehead atoms. The molecule has 7 heteroatoms. The molecule has 3 aromatic carbocycles. The van der Waals surface area contributed by atoms with E-state index in [0.29, 0.717) is 19.0 Å². The Kier molecular flexibility index (Phi) is 10.0. The summed E-state index contributed by atoms with van der Waals surface area (Å²) in [4.78, 5) is 7.74. The van der Waals surface area contributed by atoms with Gasteiger partial charge < -0.3 is 9.30 Å². The predicted molar refractivity (Wildman–Crippen MR) is 162 cm³/mol. The number of nitrogens with zero attached hydrogens (tertiary/aromatic N) is 3. The highest BCUT2D eigenvalue weighted by Crippen LogP contribution is 2.33. The quantitative estimate of drug-likeness (QED) is 0.169. The highest BCUT2D eigenvalue weighted by molar-refractivity contribution is 5.68. The number of rotatable bonds is 12. The molecule has 0 aliphatic heterocycles. The van der Waals surface area contributed by atoms with Crippen LogP contribution in [0.5, 0.6) is 5.75 Å². The zero-order chi connectivity index (χ0) is 29.4. The molecule has 222 valence electrons. The van der Waals surface area contributed by atoms with Crippen molar-refractivity contribution < 1.29 is 17.9 Å². The molecule has 1 aliphatic carbocycles. The van der Waals surface area contributed by atoms with Crippen LogP contribution in [-0.2, 0) is 19.6 Å². The lowest BCUT2D eigenvalue weighted by Gasteiger charge is -2.30. The first-order valence-electron chi connectivity index (χ1n) is 15.2. The van der Waals surface area contributed by atoms with E-state index in [1.165, 1.54) is 49.9 Å². The van der Waals surface area contributed by atoms with Crippen LogP contribution in [0.1, 0.15) is 63.1 Å². The number of ether oxygens (including phenoxy) is 1. The standard InChI is InChI=1S/C35H40F3N3O/c1-2-3-23-41-32(33(29-15-9-5-10-16-29)39-34(41)30-17-11-6-12-18-30)26-40(24-27-13-7-4-8-14-27)25-28-19-21-31(22-20-28)42-35(36,37)38/h5-6,9-12,15-22,27H,2-4,7-8,13-14,23-26H2,1H3. The molecule has 1 heterocycles. The van der Waals surface area contributed by atoms with Crippen LogP contribution in [0, 0.1) is 5.92 Å². The summed E-state index contributed by atoms with van der Waals surface area (Å²) in [5.74, 6) is 1.39. The Bertz CT molecular complexity index is 1380. The monoisotopic (exact) mass is 575 g/mol. The maximum atomic E-state index is 12.7. The molecule has 0 spiro atoms. The van der Waals surface area contributed by atoms with Gasteiger partial charge in [0, 0.05) is 37.3 Å². The number of aromatic nitrogens is 2. The van der Waals surface area contributed by atoms with Crippen molar-refractivity contribution in [1.82, 2.24) is 14.5 Å². The van der Waals surface area contributed by atoms with Crippen LogP contribution in [-0.4, -0.2) is 27.4 Å². The summed E-state index contributed by atoms with van der Waals surface area (Å²) in [5.41, 5.74) is 5.32. The second-order valence-electron chi connectivity index (χ2n) is 11.3. The van der Waals surface area contributed by atoms with E-state index in [1.807, 2.05) is 12.1 Å². The number of benzene rings is 3. The van der Waals surface area contributed by atoms with Crippen LogP contribution in [0.3, 0.4) is 0 Å². The molecule has 0 radical (unpaired) electrons. The van der Waals surface area contributed by atoms with Crippen molar-refractivity contribution in [3.63, 3.8) is 0 Å². The second-order valence-corrected chi connectivity index (χ2v) is 11.3. The molecule has 1 fully saturated rings. The summed E-state index contributed by atoms with van der Waals surface area (Å²) in [6.07, 6.45) is 3.64. The molecule has 0 N–H and O–H groups in total. The van der Waals surface area contributed by atoms with Crippen molar-refractivity contribution in [2.24, 2.45) is 5.92 Å². The molecule has 0 unspecified atom stereocenters.